The van der Waals surface area contributed by atoms with Gasteiger partial charge in [0.1, 0.15) is 0 Å². The van der Waals surface area contributed by atoms with Crippen molar-refractivity contribution in [3.05, 3.63) is 65.2 Å². The Morgan fingerprint density at radius 1 is 1.03 bits per heavy atom. The summed E-state index contributed by atoms with van der Waals surface area (Å²) in [4.78, 5) is 43.4. The first kappa shape index (κ1) is 22.0. The average Bonchev–Trinajstić information content (AvgIpc) is 3.39. The first-order valence-corrected chi connectivity index (χ1v) is 11.0. The van der Waals surface area contributed by atoms with Gasteiger partial charge in [0, 0.05) is 52.4 Å². The van der Waals surface area contributed by atoms with Gasteiger partial charge in [-0.2, -0.15) is 0 Å². The first-order valence-electron chi connectivity index (χ1n) is 11.0. The summed E-state index contributed by atoms with van der Waals surface area (Å²) in [6, 6.07) is 14.9. The van der Waals surface area contributed by atoms with Gasteiger partial charge in [-0.1, -0.05) is 24.3 Å². The normalized spacial score (nSPS) is 17.6. The van der Waals surface area contributed by atoms with Crippen molar-refractivity contribution in [2.75, 3.05) is 38.7 Å². The second-order valence-electron chi connectivity index (χ2n) is 8.53. The van der Waals surface area contributed by atoms with E-state index in [9.17, 15) is 14.4 Å². The third-order valence-electron chi connectivity index (χ3n) is 6.05. The van der Waals surface area contributed by atoms with E-state index in [0.717, 1.165) is 30.7 Å². The molecule has 0 spiro atoms. The summed E-state index contributed by atoms with van der Waals surface area (Å²) in [6.07, 6.45) is 2.05. The van der Waals surface area contributed by atoms with Crippen LogP contribution in [0.3, 0.4) is 0 Å². The Labute approximate surface area is 188 Å². The van der Waals surface area contributed by atoms with Crippen molar-refractivity contribution >= 4 is 23.4 Å². The molecule has 0 radical (unpaired) electrons. The average molecular weight is 436 g/mol. The number of benzene rings is 2. The molecule has 1 saturated heterocycles. The highest BCUT2D eigenvalue weighted by Crippen LogP contribution is 2.23. The number of imide groups is 1. The van der Waals surface area contributed by atoms with Gasteiger partial charge in [0.2, 0.25) is 5.91 Å². The van der Waals surface area contributed by atoms with Crippen LogP contribution in [0.2, 0.25) is 0 Å². The molecule has 0 N–H and O–H groups in total. The Bertz CT molecular complexity index is 962. The molecule has 32 heavy (non-hydrogen) atoms. The minimum atomic E-state index is -0.330. The Morgan fingerprint density at radius 3 is 2.25 bits per heavy atom. The van der Waals surface area contributed by atoms with E-state index in [1.165, 1.54) is 4.90 Å². The van der Waals surface area contributed by atoms with Crippen molar-refractivity contribution in [2.45, 2.75) is 31.9 Å². The topological polar surface area (TPSA) is 70.2 Å². The van der Waals surface area contributed by atoms with E-state index in [4.69, 9.17) is 4.74 Å². The quantitative estimate of drug-likeness (QED) is 0.597. The standard InChI is InChI=1S/C25H29N3O4/c1-26(2)19-11-9-18(10-12-19)16-27(17-20-6-5-15-32-20)23(29)13-14-28-24(30)21-7-3-4-8-22(21)25(28)31/h3-4,7-12,20H,5-6,13-17H2,1-2H3/t20-/m1/s1. The lowest BCUT2D eigenvalue weighted by molar-refractivity contribution is -0.133. The molecule has 2 heterocycles. The third-order valence-corrected chi connectivity index (χ3v) is 6.05. The zero-order valence-electron chi connectivity index (χ0n) is 18.6. The number of hydrogen-bond acceptors (Lipinski definition) is 5. The second-order valence-corrected chi connectivity index (χ2v) is 8.53. The van der Waals surface area contributed by atoms with Crippen molar-refractivity contribution in [1.29, 1.82) is 0 Å². The number of amides is 3. The van der Waals surface area contributed by atoms with Gasteiger partial charge in [0.15, 0.2) is 0 Å². The molecule has 0 bridgehead atoms. The second kappa shape index (κ2) is 9.53. The number of rotatable bonds is 8. The van der Waals surface area contributed by atoms with Crippen molar-refractivity contribution in [3.8, 4) is 0 Å². The Hall–Kier alpha value is -3.19. The van der Waals surface area contributed by atoms with Gasteiger partial charge in [-0.25, -0.2) is 0 Å². The maximum Gasteiger partial charge on any atom is 0.261 e. The molecule has 1 fully saturated rings. The van der Waals surface area contributed by atoms with Gasteiger partial charge in [-0.3, -0.25) is 19.3 Å². The first-order chi connectivity index (χ1) is 15.4. The monoisotopic (exact) mass is 435 g/mol. The molecule has 0 aromatic heterocycles. The highest BCUT2D eigenvalue weighted by atomic mass is 16.5. The molecule has 1 atom stereocenters. The Kier molecular flexibility index (Phi) is 6.55. The molecule has 3 amide bonds. The minimum absolute atomic E-state index is 0.0271. The lowest BCUT2D eigenvalue weighted by Crippen LogP contribution is -2.39. The van der Waals surface area contributed by atoms with Crippen molar-refractivity contribution < 1.29 is 19.1 Å². The molecule has 4 rings (SSSR count). The van der Waals surface area contributed by atoms with Crippen LogP contribution in [0.1, 0.15) is 45.5 Å². The number of fused-ring (bicyclic) bond motifs is 1. The Balaban J connectivity index is 1.43. The van der Waals surface area contributed by atoms with Gasteiger partial charge in [-0.15, -0.1) is 0 Å². The molecule has 2 aromatic rings. The fraction of sp³-hybridized carbons (Fsp3) is 0.400. The van der Waals surface area contributed by atoms with E-state index in [1.54, 1.807) is 29.2 Å². The minimum Gasteiger partial charge on any atom is -0.378 e. The van der Waals surface area contributed by atoms with Crippen LogP contribution < -0.4 is 4.90 Å². The molecule has 7 heteroatoms. The van der Waals surface area contributed by atoms with E-state index < -0.39 is 0 Å². The molecule has 2 aliphatic rings. The lowest BCUT2D eigenvalue weighted by atomic mass is 10.1. The van der Waals surface area contributed by atoms with Crippen LogP contribution in [0.5, 0.6) is 0 Å². The predicted molar refractivity (Wildman–Crippen MR) is 122 cm³/mol. The summed E-state index contributed by atoms with van der Waals surface area (Å²) in [5.41, 5.74) is 2.93. The van der Waals surface area contributed by atoms with Gasteiger partial charge >= 0.3 is 0 Å². The zero-order valence-corrected chi connectivity index (χ0v) is 18.6. The van der Waals surface area contributed by atoms with E-state index >= 15 is 0 Å². The number of carbonyl (C=O) groups excluding carboxylic acids is 3. The molecule has 0 aliphatic carbocycles. The van der Waals surface area contributed by atoms with Crippen LogP contribution in [0, 0.1) is 0 Å². The van der Waals surface area contributed by atoms with Gasteiger partial charge < -0.3 is 14.5 Å². The van der Waals surface area contributed by atoms with Gasteiger partial charge in [0.25, 0.3) is 11.8 Å². The number of nitrogens with zero attached hydrogens (tertiary/aromatic N) is 3. The maximum absolute atomic E-state index is 13.2. The molecule has 7 nitrogen and oxygen atoms in total. The van der Waals surface area contributed by atoms with Crippen LogP contribution in [-0.4, -0.2) is 67.4 Å². The molecule has 2 aliphatic heterocycles. The van der Waals surface area contributed by atoms with Crippen LogP contribution in [0.15, 0.2) is 48.5 Å². The molecule has 0 unspecified atom stereocenters. The number of carbonyl (C=O) groups is 3. The highest BCUT2D eigenvalue weighted by molar-refractivity contribution is 6.21. The predicted octanol–water partition coefficient (Wildman–Crippen LogP) is 2.95. The van der Waals surface area contributed by atoms with Crippen LogP contribution >= 0.6 is 0 Å². The van der Waals surface area contributed by atoms with Crippen LogP contribution in [0.4, 0.5) is 5.69 Å². The van der Waals surface area contributed by atoms with Gasteiger partial charge in [0.05, 0.1) is 17.2 Å². The molecule has 2 aromatic carbocycles. The SMILES string of the molecule is CN(C)c1ccc(CN(C[C@H]2CCCO2)C(=O)CCN2C(=O)c3ccccc3C2=O)cc1. The summed E-state index contributed by atoms with van der Waals surface area (Å²) in [6.45, 7) is 1.77. The maximum atomic E-state index is 13.2. The van der Waals surface area contributed by atoms with Crippen LogP contribution in [0.25, 0.3) is 0 Å². The van der Waals surface area contributed by atoms with Crippen molar-refractivity contribution in [3.63, 3.8) is 0 Å². The number of hydrogen-bond donors (Lipinski definition) is 0. The number of anilines is 1. The van der Waals surface area contributed by atoms with E-state index in [1.807, 2.05) is 43.3 Å². The third kappa shape index (κ3) is 4.67. The smallest absolute Gasteiger partial charge is 0.261 e. The molecule has 0 saturated carbocycles. The largest absolute Gasteiger partial charge is 0.378 e. The van der Waals surface area contributed by atoms with Crippen LogP contribution in [-0.2, 0) is 16.1 Å². The number of ether oxygens (including phenoxy) is 1. The lowest BCUT2D eigenvalue weighted by Gasteiger charge is -2.27. The molecular weight excluding hydrogens is 406 g/mol. The summed E-state index contributed by atoms with van der Waals surface area (Å²) >= 11 is 0. The highest BCUT2D eigenvalue weighted by Gasteiger charge is 2.35. The zero-order chi connectivity index (χ0) is 22.7. The van der Waals surface area contributed by atoms with E-state index in [2.05, 4.69) is 0 Å². The molecular formula is C25H29N3O4. The summed E-state index contributed by atoms with van der Waals surface area (Å²) in [5, 5.41) is 0. The van der Waals surface area contributed by atoms with Crippen molar-refractivity contribution in [1.82, 2.24) is 9.80 Å². The summed E-state index contributed by atoms with van der Waals surface area (Å²) in [7, 11) is 3.98. The Morgan fingerprint density at radius 2 is 1.69 bits per heavy atom. The summed E-state index contributed by atoms with van der Waals surface area (Å²) < 4.78 is 5.76. The van der Waals surface area contributed by atoms with Gasteiger partial charge in [-0.05, 0) is 42.7 Å². The van der Waals surface area contributed by atoms with Crippen molar-refractivity contribution in [2.24, 2.45) is 0 Å². The fourth-order valence-corrected chi connectivity index (χ4v) is 4.22. The summed E-state index contributed by atoms with van der Waals surface area (Å²) in [5.74, 6) is -0.750. The van der Waals surface area contributed by atoms with E-state index in [-0.39, 0.29) is 36.8 Å². The molecule has 168 valence electrons. The van der Waals surface area contributed by atoms with E-state index in [0.29, 0.717) is 24.2 Å². The fourth-order valence-electron chi connectivity index (χ4n) is 4.22.